The van der Waals surface area contributed by atoms with Gasteiger partial charge in [0.2, 0.25) is 0 Å². The van der Waals surface area contributed by atoms with Crippen molar-refractivity contribution in [3.63, 3.8) is 0 Å². The summed E-state index contributed by atoms with van der Waals surface area (Å²) in [5.41, 5.74) is 6.36. The van der Waals surface area contributed by atoms with E-state index in [0.29, 0.717) is 33.8 Å². The third kappa shape index (κ3) is 3.37. The van der Waals surface area contributed by atoms with Gasteiger partial charge in [-0.05, 0) is 25.0 Å². The fourth-order valence-corrected chi connectivity index (χ4v) is 2.91. The molecule has 0 saturated carbocycles. The van der Waals surface area contributed by atoms with Gasteiger partial charge in [-0.15, -0.1) is 0 Å². The Morgan fingerprint density at radius 3 is 2.70 bits per heavy atom. The molecular formula is C14H18Cl2N2O2. The number of nitrogens with one attached hydrogen (secondary N) is 1. The van der Waals surface area contributed by atoms with Crippen molar-refractivity contribution in [3.8, 4) is 0 Å². The zero-order chi connectivity index (χ0) is 14.7. The molecule has 2 atom stereocenters. The summed E-state index contributed by atoms with van der Waals surface area (Å²) in [5.74, 6) is 0.166. The molecule has 1 aromatic rings. The number of hydrogen-bond donors (Lipinski definition) is 2. The second-order valence-electron chi connectivity index (χ2n) is 4.93. The Bertz CT molecular complexity index is 485. The van der Waals surface area contributed by atoms with Crippen molar-refractivity contribution >= 4 is 34.8 Å². The topological polar surface area (TPSA) is 64.3 Å². The highest BCUT2D eigenvalue weighted by atomic mass is 35.5. The third-order valence-corrected chi connectivity index (χ3v) is 4.24. The molecular weight excluding hydrogens is 299 g/mol. The third-order valence-electron chi connectivity index (χ3n) is 3.61. The summed E-state index contributed by atoms with van der Waals surface area (Å²) in [6, 6.07) is 3.06. The van der Waals surface area contributed by atoms with Crippen LogP contribution in [0.5, 0.6) is 0 Å². The predicted octanol–water partition coefficient (Wildman–Crippen LogP) is 3.12. The molecule has 0 radical (unpaired) electrons. The molecule has 1 heterocycles. The first-order chi connectivity index (χ1) is 9.52. The van der Waals surface area contributed by atoms with Gasteiger partial charge in [0.15, 0.2) is 0 Å². The molecule has 1 aliphatic rings. The van der Waals surface area contributed by atoms with E-state index in [1.165, 1.54) is 12.1 Å². The number of ether oxygens (including phenoxy) is 1. The Kier molecular flexibility index (Phi) is 5.13. The van der Waals surface area contributed by atoms with Gasteiger partial charge in [0.1, 0.15) is 0 Å². The van der Waals surface area contributed by atoms with Gasteiger partial charge < -0.3 is 15.8 Å². The summed E-state index contributed by atoms with van der Waals surface area (Å²) in [6.45, 7) is 3.44. The van der Waals surface area contributed by atoms with Crippen molar-refractivity contribution in [2.24, 2.45) is 5.92 Å². The Hall–Kier alpha value is -0.970. The molecule has 3 N–H and O–H groups in total. The summed E-state index contributed by atoms with van der Waals surface area (Å²) in [7, 11) is 0. The van der Waals surface area contributed by atoms with E-state index in [-0.39, 0.29) is 12.0 Å². The lowest BCUT2D eigenvalue weighted by atomic mass is 9.99. The first-order valence-electron chi connectivity index (χ1n) is 6.67. The van der Waals surface area contributed by atoms with Gasteiger partial charge in [-0.1, -0.05) is 30.1 Å². The van der Waals surface area contributed by atoms with Crippen LogP contribution < -0.4 is 11.1 Å². The summed E-state index contributed by atoms with van der Waals surface area (Å²) >= 11 is 11.9. The van der Waals surface area contributed by atoms with Gasteiger partial charge in [-0.25, -0.2) is 0 Å². The Balaban J connectivity index is 1.98. The molecule has 0 aromatic heterocycles. The van der Waals surface area contributed by atoms with E-state index in [9.17, 15) is 4.79 Å². The van der Waals surface area contributed by atoms with Crippen LogP contribution in [0.25, 0.3) is 0 Å². The molecule has 20 heavy (non-hydrogen) atoms. The zero-order valence-corrected chi connectivity index (χ0v) is 12.8. The maximum absolute atomic E-state index is 12.1. The molecule has 0 bridgehead atoms. The van der Waals surface area contributed by atoms with Crippen LogP contribution in [0.15, 0.2) is 12.1 Å². The minimum Gasteiger partial charge on any atom is -0.396 e. The minimum absolute atomic E-state index is 0.199. The molecule has 0 aliphatic carbocycles. The number of hydrogen-bond acceptors (Lipinski definition) is 3. The second kappa shape index (κ2) is 6.66. The van der Waals surface area contributed by atoms with Crippen LogP contribution in [0.4, 0.5) is 5.69 Å². The summed E-state index contributed by atoms with van der Waals surface area (Å²) < 4.78 is 5.60. The number of carbonyl (C=O) groups excluding carboxylic acids is 1. The average Bonchev–Trinajstić information content (AvgIpc) is 2.89. The van der Waals surface area contributed by atoms with E-state index in [1.54, 1.807) is 0 Å². The molecule has 2 rings (SSSR count). The van der Waals surface area contributed by atoms with E-state index in [2.05, 4.69) is 12.2 Å². The van der Waals surface area contributed by atoms with Gasteiger partial charge in [-0.2, -0.15) is 0 Å². The van der Waals surface area contributed by atoms with Gasteiger partial charge >= 0.3 is 0 Å². The quantitative estimate of drug-likeness (QED) is 0.839. The average molecular weight is 317 g/mol. The Labute approximate surface area is 128 Å². The number of nitrogens with two attached hydrogens (primary N) is 1. The van der Waals surface area contributed by atoms with E-state index < -0.39 is 0 Å². The zero-order valence-electron chi connectivity index (χ0n) is 11.3. The maximum Gasteiger partial charge on any atom is 0.251 e. The Morgan fingerprint density at radius 1 is 1.45 bits per heavy atom. The first-order valence-corrected chi connectivity index (χ1v) is 7.42. The lowest BCUT2D eigenvalue weighted by molar-refractivity contribution is 0.0827. The summed E-state index contributed by atoms with van der Waals surface area (Å²) in [6.07, 6.45) is 2.16. The van der Waals surface area contributed by atoms with E-state index in [0.717, 1.165) is 19.4 Å². The SMILES string of the molecule is CCC1OCCC1CNC(=O)c1cc(Cl)c(N)c(Cl)c1. The molecule has 6 heteroatoms. The molecule has 1 aromatic carbocycles. The number of halogens is 2. The van der Waals surface area contributed by atoms with E-state index in [4.69, 9.17) is 33.7 Å². The van der Waals surface area contributed by atoms with Gasteiger partial charge in [0, 0.05) is 24.6 Å². The van der Waals surface area contributed by atoms with Crippen molar-refractivity contribution < 1.29 is 9.53 Å². The second-order valence-corrected chi connectivity index (χ2v) is 5.74. The highest BCUT2D eigenvalue weighted by Crippen LogP contribution is 2.29. The monoisotopic (exact) mass is 316 g/mol. The number of nitrogen functional groups attached to an aromatic ring is 1. The lowest BCUT2D eigenvalue weighted by Crippen LogP contribution is -2.32. The van der Waals surface area contributed by atoms with E-state index in [1.807, 2.05) is 0 Å². The minimum atomic E-state index is -0.199. The predicted molar refractivity (Wildman–Crippen MR) is 81.3 cm³/mol. The number of rotatable bonds is 4. The molecule has 1 saturated heterocycles. The largest absolute Gasteiger partial charge is 0.396 e. The van der Waals surface area contributed by atoms with Crippen LogP contribution in [0.2, 0.25) is 10.0 Å². The van der Waals surface area contributed by atoms with Crippen molar-refractivity contribution in [1.29, 1.82) is 0 Å². The van der Waals surface area contributed by atoms with Crippen LogP contribution in [0, 0.1) is 5.92 Å². The maximum atomic E-state index is 12.1. The van der Waals surface area contributed by atoms with E-state index >= 15 is 0 Å². The van der Waals surface area contributed by atoms with Crippen molar-refractivity contribution in [3.05, 3.63) is 27.7 Å². The van der Waals surface area contributed by atoms with Crippen LogP contribution in [-0.2, 0) is 4.74 Å². The van der Waals surface area contributed by atoms with Crippen molar-refractivity contribution in [2.45, 2.75) is 25.9 Å². The van der Waals surface area contributed by atoms with Crippen LogP contribution in [0.1, 0.15) is 30.1 Å². The van der Waals surface area contributed by atoms with Crippen LogP contribution in [0.3, 0.4) is 0 Å². The smallest absolute Gasteiger partial charge is 0.251 e. The molecule has 1 fully saturated rings. The van der Waals surface area contributed by atoms with Crippen molar-refractivity contribution in [1.82, 2.24) is 5.32 Å². The molecule has 4 nitrogen and oxygen atoms in total. The highest BCUT2D eigenvalue weighted by molar-refractivity contribution is 6.39. The molecule has 1 aliphatic heterocycles. The molecule has 110 valence electrons. The fourth-order valence-electron chi connectivity index (χ4n) is 2.42. The highest BCUT2D eigenvalue weighted by Gasteiger charge is 2.27. The standard InChI is InChI=1S/C14H18Cl2N2O2/c1-2-12-8(3-4-20-12)7-18-14(19)9-5-10(15)13(17)11(16)6-9/h5-6,8,12H,2-4,7,17H2,1H3,(H,18,19). The fraction of sp³-hybridized carbons (Fsp3) is 0.500. The van der Waals surface area contributed by atoms with Gasteiger partial charge in [0.05, 0.1) is 21.8 Å². The van der Waals surface area contributed by atoms with Gasteiger partial charge in [0.25, 0.3) is 5.91 Å². The lowest BCUT2D eigenvalue weighted by Gasteiger charge is -2.17. The molecule has 0 spiro atoms. The van der Waals surface area contributed by atoms with Gasteiger partial charge in [-0.3, -0.25) is 4.79 Å². The van der Waals surface area contributed by atoms with Crippen LogP contribution in [-0.4, -0.2) is 25.2 Å². The Morgan fingerprint density at radius 2 is 2.10 bits per heavy atom. The number of benzene rings is 1. The number of carbonyl (C=O) groups is 1. The number of amides is 1. The molecule has 2 unspecified atom stereocenters. The summed E-state index contributed by atoms with van der Waals surface area (Å²) in [4.78, 5) is 12.1. The van der Waals surface area contributed by atoms with Crippen molar-refractivity contribution in [2.75, 3.05) is 18.9 Å². The molecule has 1 amide bonds. The number of anilines is 1. The summed E-state index contributed by atoms with van der Waals surface area (Å²) in [5, 5.41) is 3.48. The van der Waals surface area contributed by atoms with Crippen LogP contribution >= 0.6 is 23.2 Å². The first kappa shape index (κ1) is 15.4. The normalized spacial score (nSPS) is 21.9.